The molecule has 0 unspecified atom stereocenters. The van der Waals surface area contributed by atoms with Crippen LogP contribution in [-0.2, 0) is 4.79 Å². The van der Waals surface area contributed by atoms with Gasteiger partial charge < -0.3 is 10.6 Å². The number of hydrogen-bond donors (Lipinski definition) is 1. The molecule has 2 N–H and O–H groups in total. The molecule has 1 aliphatic carbocycles. The van der Waals surface area contributed by atoms with E-state index in [1.165, 1.54) is 6.42 Å². The van der Waals surface area contributed by atoms with Crippen LogP contribution in [0.25, 0.3) is 0 Å². The highest BCUT2D eigenvalue weighted by Crippen LogP contribution is 2.30. The van der Waals surface area contributed by atoms with E-state index in [-0.39, 0.29) is 23.9 Å². The van der Waals surface area contributed by atoms with Crippen LogP contribution in [0.2, 0.25) is 0 Å². The Morgan fingerprint density at radius 1 is 1.32 bits per heavy atom. The molecule has 2 rings (SSSR count). The van der Waals surface area contributed by atoms with Gasteiger partial charge in [0.1, 0.15) is 6.04 Å². The summed E-state index contributed by atoms with van der Waals surface area (Å²) in [5.41, 5.74) is 6.17. The van der Waals surface area contributed by atoms with E-state index in [2.05, 4.69) is 12.6 Å². The number of nitrogens with zero attached hydrogens (tertiary/aromatic N) is 2. The number of nitrogens with two attached hydrogens (primary N) is 1. The van der Waals surface area contributed by atoms with Crippen LogP contribution in [0, 0.1) is 17.2 Å². The smallest absolute Gasteiger partial charge is 0.241 e. The van der Waals surface area contributed by atoms with Gasteiger partial charge in [-0.3, -0.25) is 4.79 Å². The van der Waals surface area contributed by atoms with Gasteiger partial charge in [0.05, 0.1) is 18.2 Å². The monoisotopic (exact) mass is 261 g/mol. The van der Waals surface area contributed by atoms with Crippen molar-refractivity contribution in [1.82, 2.24) is 4.90 Å². The maximum Gasteiger partial charge on any atom is 0.241 e. The van der Waals surface area contributed by atoms with Gasteiger partial charge in [-0.15, -0.1) is 6.58 Å². The zero-order valence-electron chi connectivity index (χ0n) is 11.4. The van der Waals surface area contributed by atoms with E-state index in [9.17, 15) is 10.1 Å². The largest absolute Gasteiger partial charge is 0.320 e. The second-order valence-electron chi connectivity index (χ2n) is 5.69. The molecule has 104 valence electrons. The second-order valence-corrected chi connectivity index (χ2v) is 5.69. The molecule has 1 saturated carbocycles. The quantitative estimate of drug-likeness (QED) is 0.789. The maximum absolute atomic E-state index is 12.6. The third-order valence-electron chi connectivity index (χ3n) is 4.55. The van der Waals surface area contributed by atoms with E-state index in [1.807, 2.05) is 0 Å². The van der Waals surface area contributed by atoms with Crippen molar-refractivity contribution in [2.45, 2.75) is 63.1 Å². The predicted octanol–water partition coefficient (Wildman–Crippen LogP) is 1.96. The number of nitriles is 1. The number of amides is 1. The molecule has 2 fully saturated rings. The minimum Gasteiger partial charge on any atom is -0.320 e. The summed E-state index contributed by atoms with van der Waals surface area (Å²) in [5, 5.41) is 9.17. The third kappa shape index (κ3) is 2.82. The van der Waals surface area contributed by atoms with Crippen molar-refractivity contribution in [2.75, 3.05) is 0 Å². The van der Waals surface area contributed by atoms with Crippen molar-refractivity contribution in [3.05, 3.63) is 12.7 Å². The number of rotatable bonds is 3. The van der Waals surface area contributed by atoms with E-state index < -0.39 is 6.04 Å². The number of likely N-dealkylation sites (tertiary alicyclic amines) is 1. The molecule has 3 atom stereocenters. The summed E-state index contributed by atoms with van der Waals surface area (Å²) in [5.74, 6) is 0.229. The summed E-state index contributed by atoms with van der Waals surface area (Å²) in [6.45, 7) is 3.77. The minimum atomic E-state index is -0.448. The number of carbonyl (C=O) groups is 1. The van der Waals surface area contributed by atoms with Crippen LogP contribution in [-0.4, -0.2) is 28.9 Å². The van der Waals surface area contributed by atoms with Gasteiger partial charge in [0, 0.05) is 0 Å². The zero-order valence-corrected chi connectivity index (χ0v) is 11.4. The van der Waals surface area contributed by atoms with Crippen LogP contribution >= 0.6 is 0 Å². The fourth-order valence-corrected chi connectivity index (χ4v) is 3.38. The molecular formula is C15H23N3O. The Bertz CT molecular complexity index is 381. The Balaban J connectivity index is 2.07. The lowest BCUT2D eigenvalue weighted by Gasteiger charge is -2.33. The van der Waals surface area contributed by atoms with E-state index >= 15 is 0 Å². The average molecular weight is 261 g/mol. The molecule has 0 bridgehead atoms. The molecule has 4 heteroatoms. The molecule has 0 aromatic rings. The molecule has 0 aromatic heterocycles. The maximum atomic E-state index is 12.6. The highest BCUT2D eigenvalue weighted by Gasteiger charge is 2.39. The van der Waals surface area contributed by atoms with Crippen molar-refractivity contribution < 1.29 is 4.79 Å². The summed E-state index contributed by atoms with van der Waals surface area (Å²) in [4.78, 5) is 14.3. The van der Waals surface area contributed by atoms with Crippen LogP contribution in [0.5, 0.6) is 0 Å². The molecular weight excluding hydrogens is 238 g/mol. The fraction of sp³-hybridized carbons (Fsp3) is 0.733. The standard InChI is InChI=1S/C15H23N3O/c1-2-12-8-9-13(10-16)18(12)15(19)14(17)11-6-4-3-5-7-11/h2,11-14H,1,3-9,17H2/t12-,13-,14-/m0/s1. The lowest BCUT2D eigenvalue weighted by molar-refractivity contribution is -0.135. The predicted molar refractivity (Wildman–Crippen MR) is 74.0 cm³/mol. The first-order valence-corrected chi connectivity index (χ1v) is 7.29. The van der Waals surface area contributed by atoms with Gasteiger partial charge in [-0.25, -0.2) is 0 Å². The molecule has 1 heterocycles. The first-order chi connectivity index (χ1) is 9.19. The van der Waals surface area contributed by atoms with E-state index in [0.717, 1.165) is 38.5 Å². The molecule has 0 radical (unpaired) electrons. The summed E-state index contributed by atoms with van der Waals surface area (Å²) >= 11 is 0. The molecule has 1 aliphatic heterocycles. The average Bonchev–Trinajstić information content (AvgIpc) is 2.89. The molecule has 1 saturated heterocycles. The number of hydrogen-bond acceptors (Lipinski definition) is 3. The SMILES string of the molecule is C=C[C@H]1CC[C@@H](C#N)N1C(=O)[C@@H](N)C1CCCCC1. The molecule has 0 spiro atoms. The first kappa shape index (κ1) is 14.1. The van der Waals surface area contributed by atoms with Crippen LogP contribution in [0.4, 0.5) is 0 Å². The minimum absolute atomic E-state index is 0.0215. The summed E-state index contributed by atoms with van der Waals surface area (Å²) in [6, 6.07) is 1.42. The third-order valence-corrected chi connectivity index (χ3v) is 4.55. The fourth-order valence-electron chi connectivity index (χ4n) is 3.38. The van der Waals surface area contributed by atoms with Gasteiger partial charge in [0.15, 0.2) is 0 Å². The van der Waals surface area contributed by atoms with Gasteiger partial charge in [0.25, 0.3) is 0 Å². The van der Waals surface area contributed by atoms with Crippen molar-refractivity contribution in [2.24, 2.45) is 11.7 Å². The van der Waals surface area contributed by atoms with E-state index in [4.69, 9.17) is 5.73 Å². The highest BCUT2D eigenvalue weighted by atomic mass is 16.2. The molecule has 1 amide bonds. The Hall–Kier alpha value is -1.34. The van der Waals surface area contributed by atoms with Gasteiger partial charge >= 0.3 is 0 Å². The Morgan fingerprint density at radius 3 is 2.58 bits per heavy atom. The Kier molecular flexibility index (Phi) is 4.60. The van der Waals surface area contributed by atoms with Crippen LogP contribution in [0.15, 0.2) is 12.7 Å². The molecule has 0 aromatic carbocycles. The van der Waals surface area contributed by atoms with Gasteiger partial charge in [-0.1, -0.05) is 25.3 Å². The lowest BCUT2D eigenvalue weighted by atomic mass is 9.83. The topological polar surface area (TPSA) is 70.1 Å². The van der Waals surface area contributed by atoms with Crippen molar-refractivity contribution in [3.8, 4) is 6.07 Å². The van der Waals surface area contributed by atoms with E-state index in [0.29, 0.717) is 0 Å². The first-order valence-electron chi connectivity index (χ1n) is 7.29. The Morgan fingerprint density at radius 2 is 2.00 bits per heavy atom. The summed E-state index contributed by atoms with van der Waals surface area (Å²) in [6.07, 6.45) is 8.98. The highest BCUT2D eigenvalue weighted by molar-refractivity contribution is 5.83. The molecule has 19 heavy (non-hydrogen) atoms. The van der Waals surface area contributed by atoms with Gasteiger partial charge in [0.2, 0.25) is 5.91 Å². The molecule has 2 aliphatic rings. The van der Waals surface area contributed by atoms with Crippen LogP contribution in [0.3, 0.4) is 0 Å². The Labute approximate surface area is 115 Å². The van der Waals surface area contributed by atoms with Crippen LogP contribution in [0.1, 0.15) is 44.9 Å². The zero-order chi connectivity index (χ0) is 13.8. The van der Waals surface area contributed by atoms with Crippen molar-refractivity contribution in [1.29, 1.82) is 5.26 Å². The normalized spacial score (nSPS) is 29.8. The summed E-state index contributed by atoms with van der Waals surface area (Å²) < 4.78 is 0. The van der Waals surface area contributed by atoms with Gasteiger partial charge in [-0.05, 0) is 31.6 Å². The lowest BCUT2D eigenvalue weighted by Crippen LogP contribution is -2.51. The van der Waals surface area contributed by atoms with Crippen LogP contribution < -0.4 is 5.73 Å². The number of carbonyl (C=O) groups excluding carboxylic acids is 1. The second kappa shape index (κ2) is 6.21. The van der Waals surface area contributed by atoms with Gasteiger partial charge in [-0.2, -0.15) is 5.26 Å². The van der Waals surface area contributed by atoms with Crippen molar-refractivity contribution in [3.63, 3.8) is 0 Å². The summed E-state index contributed by atoms with van der Waals surface area (Å²) in [7, 11) is 0. The van der Waals surface area contributed by atoms with Crippen molar-refractivity contribution >= 4 is 5.91 Å². The van der Waals surface area contributed by atoms with E-state index in [1.54, 1.807) is 11.0 Å². The molecule has 4 nitrogen and oxygen atoms in total.